The lowest BCUT2D eigenvalue weighted by atomic mass is 10.1. The van der Waals surface area contributed by atoms with Crippen LogP contribution in [0, 0.1) is 5.82 Å². The average Bonchev–Trinajstić information content (AvgIpc) is 3.00. The van der Waals surface area contributed by atoms with E-state index in [4.69, 9.17) is 16.3 Å². The maximum atomic E-state index is 13.7. The molecular formula is C15H15ClFNO2S. The van der Waals surface area contributed by atoms with E-state index in [1.807, 2.05) is 17.5 Å². The minimum atomic E-state index is -0.324. The minimum absolute atomic E-state index is 0.194. The summed E-state index contributed by atoms with van der Waals surface area (Å²) in [5, 5.41) is 5.59. The molecular weight excluding hydrogens is 313 g/mol. The van der Waals surface area contributed by atoms with Gasteiger partial charge in [-0.25, -0.2) is 4.39 Å². The molecule has 0 saturated heterocycles. The summed E-state index contributed by atoms with van der Waals surface area (Å²) in [6.07, 6.45) is 0.194. The molecule has 1 heterocycles. The van der Waals surface area contributed by atoms with Crippen molar-refractivity contribution in [1.82, 2.24) is 5.32 Å². The Kier molecular flexibility index (Phi) is 5.73. The van der Waals surface area contributed by atoms with Crippen molar-refractivity contribution in [1.29, 1.82) is 0 Å². The van der Waals surface area contributed by atoms with Crippen LogP contribution in [0.3, 0.4) is 0 Å². The summed E-state index contributed by atoms with van der Waals surface area (Å²) in [7, 11) is 1.35. The zero-order valence-electron chi connectivity index (χ0n) is 11.4. The minimum Gasteiger partial charge on any atom is -0.469 e. The van der Waals surface area contributed by atoms with Gasteiger partial charge in [0.05, 0.1) is 19.6 Å². The van der Waals surface area contributed by atoms with Crippen LogP contribution in [-0.2, 0) is 16.1 Å². The Labute approximate surface area is 131 Å². The van der Waals surface area contributed by atoms with Crippen LogP contribution in [0.4, 0.5) is 4.39 Å². The summed E-state index contributed by atoms with van der Waals surface area (Å²) in [5.41, 5.74) is 0.467. The second kappa shape index (κ2) is 7.54. The molecule has 1 aromatic heterocycles. The summed E-state index contributed by atoms with van der Waals surface area (Å²) in [6.45, 7) is 0.284. The Balaban J connectivity index is 2.08. The van der Waals surface area contributed by atoms with Crippen LogP contribution in [0.5, 0.6) is 0 Å². The number of ether oxygens (including phenoxy) is 1. The third kappa shape index (κ3) is 4.52. The molecule has 0 saturated carbocycles. The van der Waals surface area contributed by atoms with E-state index in [-0.39, 0.29) is 30.8 Å². The van der Waals surface area contributed by atoms with Crippen molar-refractivity contribution in [3.63, 3.8) is 0 Å². The number of esters is 1. The van der Waals surface area contributed by atoms with Crippen LogP contribution in [0.1, 0.15) is 22.9 Å². The Bertz CT molecular complexity index is 604. The van der Waals surface area contributed by atoms with Crippen molar-refractivity contribution in [2.45, 2.75) is 19.0 Å². The lowest BCUT2D eigenvalue weighted by molar-refractivity contribution is -0.141. The maximum absolute atomic E-state index is 13.7. The van der Waals surface area contributed by atoms with E-state index in [9.17, 15) is 9.18 Å². The van der Waals surface area contributed by atoms with Crippen molar-refractivity contribution in [2.75, 3.05) is 7.11 Å². The fraction of sp³-hybridized carbons (Fsp3) is 0.267. The number of benzene rings is 1. The molecule has 1 unspecified atom stereocenters. The predicted molar refractivity (Wildman–Crippen MR) is 81.9 cm³/mol. The van der Waals surface area contributed by atoms with E-state index in [1.54, 1.807) is 6.07 Å². The fourth-order valence-electron chi connectivity index (χ4n) is 1.92. The molecule has 1 N–H and O–H groups in total. The number of carbonyl (C=O) groups excluding carboxylic acids is 1. The van der Waals surface area contributed by atoms with E-state index >= 15 is 0 Å². The summed E-state index contributed by atoms with van der Waals surface area (Å²) >= 11 is 7.41. The van der Waals surface area contributed by atoms with Crippen molar-refractivity contribution in [3.8, 4) is 0 Å². The van der Waals surface area contributed by atoms with E-state index in [1.165, 1.54) is 30.6 Å². The Morgan fingerprint density at radius 2 is 2.29 bits per heavy atom. The largest absolute Gasteiger partial charge is 0.469 e. The van der Waals surface area contributed by atoms with Crippen molar-refractivity contribution < 1.29 is 13.9 Å². The van der Waals surface area contributed by atoms with Crippen LogP contribution in [-0.4, -0.2) is 13.1 Å². The smallest absolute Gasteiger partial charge is 0.307 e. The zero-order valence-corrected chi connectivity index (χ0v) is 13.0. The first-order valence-electron chi connectivity index (χ1n) is 6.37. The molecule has 3 nitrogen and oxygen atoms in total. The quantitative estimate of drug-likeness (QED) is 0.817. The molecule has 0 radical (unpaired) electrons. The van der Waals surface area contributed by atoms with Gasteiger partial charge in [-0.1, -0.05) is 17.7 Å². The lowest BCUT2D eigenvalue weighted by Crippen LogP contribution is -2.23. The molecule has 112 valence electrons. The third-order valence-corrected chi connectivity index (χ3v) is 4.25. The van der Waals surface area contributed by atoms with Crippen molar-refractivity contribution >= 4 is 28.9 Å². The zero-order chi connectivity index (χ0) is 15.2. The van der Waals surface area contributed by atoms with Gasteiger partial charge in [0, 0.05) is 22.0 Å². The number of methoxy groups -OCH3 is 1. The Hall–Kier alpha value is -1.43. The molecule has 0 spiro atoms. The van der Waals surface area contributed by atoms with Gasteiger partial charge < -0.3 is 10.1 Å². The van der Waals surface area contributed by atoms with Crippen LogP contribution in [0.25, 0.3) is 0 Å². The van der Waals surface area contributed by atoms with Gasteiger partial charge in [0.25, 0.3) is 0 Å². The van der Waals surface area contributed by atoms with Crippen molar-refractivity contribution in [3.05, 3.63) is 57.0 Å². The number of carbonyl (C=O) groups is 1. The molecule has 0 aliphatic heterocycles. The van der Waals surface area contributed by atoms with E-state index in [0.717, 1.165) is 4.88 Å². The molecule has 0 fully saturated rings. The summed E-state index contributed by atoms with van der Waals surface area (Å²) in [5.74, 6) is -0.637. The second-order valence-electron chi connectivity index (χ2n) is 4.46. The van der Waals surface area contributed by atoms with Crippen molar-refractivity contribution in [2.24, 2.45) is 0 Å². The van der Waals surface area contributed by atoms with Gasteiger partial charge in [-0.2, -0.15) is 0 Å². The molecule has 0 bridgehead atoms. The SMILES string of the molecule is COC(=O)CC(NCc1cc(Cl)ccc1F)c1cccs1. The van der Waals surface area contributed by atoms with Crippen LogP contribution < -0.4 is 5.32 Å². The van der Waals surface area contributed by atoms with E-state index in [2.05, 4.69) is 5.32 Å². The number of thiophene rings is 1. The number of halogens is 2. The standard InChI is InChI=1S/C15H15ClFNO2S/c1-20-15(19)8-13(14-3-2-6-21-14)18-9-10-7-11(16)4-5-12(10)17/h2-7,13,18H,8-9H2,1H3. The van der Waals surface area contributed by atoms with Crippen LogP contribution in [0.15, 0.2) is 35.7 Å². The monoisotopic (exact) mass is 327 g/mol. The molecule has 1 atom stereocenters. The molecule has 2 rings (SSSR count). The lowest BCUT2D eigenvalue weighted by Gasteiger charge is -2.16. The average molecular weight is 328 g/mol. The molecule has 2 aromatic rings. The van der Waals surface area contributed by atoms with Gasteiger partial charge >= 0.3 is 5.97 Å². The van der Waals surface area contributed by atoms with E-state index in [0.29, 0.717) is 10.6 Å². The van der Waals surface area contributed by atoms with Gasteiger partial charge in [-0.3, -0.25) is 4.79 Å². The molecule has 1 aromatic carbocycles. The number of rotatable bonds is 6. The van der Waals surface area contributed by atoms with E-state index < -0.39 is 0 Å². The number of nitrogens with one attached hydrogen (secondary N) is 1. The Morgan fingerprint density at radius 3 is 2.95 bits per heavy atom. The highest BCUT2D eigenvalue weighted by Gasteiger charge is 2.17. The van der Waals surface area contributed by atoms with Gasteiger partial charge in [0.15, 0.2) is 0 Å². The highest BCUT2D eigenvalue weighted by Crippen LogP contribution is 2.23. The van der Waals surface area contributed by atoms with Crippen LogP contribution >= 0.6 is 22.9 Å². The van der Waals surface area contributed by atoms with Crippen LogP contribution in [0.2, 0.25) is 5.02 Å². The summed E-state index contributed by atoms with van der Waals surface area (Å²) in [4.78, 5) is 12.5. The molecule has 0 aliphatic carbocycles. The first-order valence-corrected chi connectivity index (χ1v) is 7.63. The Morgan fingerprint density at radius 1 is 1.48 bits per heavy atom. The first kappa shape index (κ1) is 15.9. The highest BCUT2D eigenvalue weighted by molar-refractivity contribution is 7.10. The first-order chi connectivity index (χ1) is 10.1. The van der Waals surface area contributed by atoms with Gasteiger partial charge in [-0.05, 0) is 29.6 Å². The third-order valence-electron chi connectivity index (χ3n) is 3.03. The molecule has 0 amide bonds. The topological polar surface area (TPSA) is 38.3 Å². The maximum Gasteiger partial charge on any atom is 0.307 e. The fourth-order valence-corrected chi connectivity index (χ4v) is 2.92. The molecule has 0 aliphatic rings. The summed E-state index contributed by atoms with van der Waals surface area (Å²) in [6, 6.07) is 8.04. The molecule has 21 heavy (non-hydrogen) atoms. The van der Waals surface area contributed by atoms with Gasteiger partial charge in [-0.15, -0.1) is 11.3 Å². The normalized spacial score (nSPS) is 12.1. The summed E-state index contributed by atoms with van der Waals surface area (Å²) < 4.78 is 18.4. The number of hydrogen-bond acceptors (Lipinski definition) is 4. The highest BCUT2D eigenvalue weighted by atomic mass is 35.5. The number of hydrogen-bond donors (Lipinski definition) is 1. The second-order valence-corrected chi connectivity index (χ2v) is 5.88. The van der Waals surface area contributed by atoms with Gasteiger partial charge in [0.1, 0.15) is 5.82 Å². The molecule has 6 heteroatoms. The predicted octanol–water partition coefficient (Wildman–Crippen LogP) is 3.93. The van der Waals surface area contributed by atoms with Gasteiger partial charge in [0.2, 0.25) is 0 Å².